The number of carbonyl (C=O) groups is 1. The molecule has 1 aromatic carbocycles. The average molecular weight is 270 g/mol. The molecule has 17 heavy (non-hydrogen) atoms. The monoisotopic (exact) mass is 269 g/mol. The molecule has 1 aromatic rings. The maximum Gasteiger partial charge on any atom is 0.471 e. The van der Waals surface area contributed by atoms with Crippen molar-refractivity contribution in [1.82, 2.24) is 4.90 Å². The minimum Gasteiger partial charge on any atom is -0.334 e. The third-order valence-corrected chi connectivity index (χ3v) is 2.28. The number of hydrogen-bond donors (Lipinski definition) is 0. The van der Waals surface area contributed by atoms with Crippen LogP contribution in [-0.2, 0) is 11.3 Å². The molecule has 0 atom stereocenters. The van der Waals surface area contributed by atoms with Crippen LogP contribution in [0.4, 0.5) is 17.6 Å². The average Bonchev–Trinajstić information content (AvgIpc) is 2.21. The molecule has 0 aliphatic heterocycles. The van der Waals surface area contributed by atoms with Crippen molar-refractivity contribution in [1.29, 1.82) is 0 Å². The van der Waals surface area contributed by atoms with Gasteiger partial charge in [0.15, 0.2) is 0 Å². The maximum absolute atomic E-state index is 12.8. The second kappa shape index (κ2) is 4.91. The summed E-state index contributed by atoms with van der Waals surface area (Å²) in [5.41, 5.74) is 0.316. The number of nitrogens with zero attached hydrogens (tertiary/aromatic N) is 1. The Kier molecular flexibility index (Phi) is 3.98. The van der Waals surface area contributed by atoms with Gasteiger partial charge in [-0.1, -0.05) is 17.7 Å². The summed E-state index contributed by atoms with van der Waals surface area (Å²) in [6, 6.07) is 3.47. The van der Waals surface area contributed by atoms with Gasteiger partial charge in [0.05, 0.1) is 5.02 Å². The van der Waals surface area contributed by atoms with Crippen LogP contribution < -0.4 is 0 Å². The molecule has 0 N–H and O–H groups in total. The van der Waals surface area contributed by atoms with Gasteiger partial charge in [-0.2, -0.15) is 13.2 Å². The van der Waals surface area contributed by atoms with Gasteiger partial charge in [-0.15, -0.1) is 0 Å². The van der Waals surface area contributed by atoms with Crippen molar-refractivity contribution in [3.8, 4) is 0 Å². The van der Waals surface area contributed by atoms with Gasteiger partial charge in [-0.05, 0) is 17.7 Å². The molecule has 0 fully saturated rings. The van der Waals surface area contributed by atoms with E-state index in [1.807, 2.05) is 0 Å². The summed E-state index contributed by atoms with van der Waals surface area (Å²) in [5, 5.41) is -0.199. The van der Waals surface area contributed by atoms with Gasteiger partial charge >= 0.3 is 12.1 Å². The Labute approximate surface area is 99.8 Å². The summed E-state index contributed by atoms with van der Waals surface area (Å²) in [4.78, 5) is 11.3. The number of carbonyl (C=O) groups excluding carboxylic acids is 1. The van der Waals surface area contributed by atoms with E-state index in [-0.39, 0.29) is 11.6 Å². The van der Waals surface area contributed by atoms with Crippen molar-refractivity contribution in [3.05, 3.63) is 34.6 Å². The van der Waals surface area contributed by atoms with Gasteiger partial charge < -0.3 is 4.90 Å². The lowest BCUT2D eigenvalue weighted by Gasteiger charge is -2.18. The molecule has 0 spiro atoms. The smallest absolute Gasteiger partial charge is 0.334 e. The van der Waals surface area contributed by atoms with Gasteiger partial charge in [0.2, 0.25) is 0 Å². The fraction of sp³-hybridized carbons (Fsp3) is 0.300. The van der Waals surface area contributed by atoms with Crippen LogP contribution in [0.2, 0.25) is 5.02 Å². The summed E-state index contributed by atoms with van der Waals surface area (Å²) in [6.45, 7) is -0.293. The Morgan fingerprint density at radius 1 is 1.41 bits per heavy atom. The standard InChI is InChI=1S/C10H8ClF4NO/c1-16(9(17)10(13,14)15)5-6-2-3-8(12)7(11)4-6/h2-4H,5H2,1H3. The highest BCUT2D eigenvalue weighted by molar-refractivity contribution is 6.30. The van der Waals surface area contributed by atoms with Crippen LogP contribution in [0.25, 0.3) is 0 Å². The van der Waals surface area contributed by atoms with Crippen molar-refractivity contribution in [2.45, 2.75) is 12.7 Å². The molecule has 0 unspecified atom stereocenters. The van der Waals surface area contributed by atoms with E-state index in [1.54, 1.807) is 0 Å². The zero-order valence-electron chi connectivity index (χ0n) is 8.68. The van der Waals surface area contributed by atoms with Gasteiger partial charge in [-0.3, -0.25) is 4.79 Å². The van der Waals surface area contributed by atoms with E-state index in [4.69, 9.17) is 11.6 Å². The molecule has 1 amide bonds. The lowest BCUT2D eigenvalue weighted by Crippen LogP contribution is -2.37. The van der Waals surface area contributed by atoms with E-state index in [0.29, 0.717) is 10.5 Å². The zero-order valence-corrected chi connectivity index (χ0v) is 9.44. The summed E-state index contributed by atoms with van der Waals surface area (Å²) in [7, 11) is 1.01. The van der Waals surface area contributed by atoms with E-state index < -0.39 is 17.9 Å². The molecule has 0 saturated carbocycles. The Balaban J connectivity index is 2.78. The summed E-state index contributed by atoms with van der Waals surface area (Å²) in [6.07, 6.45) is -4.92. The Hall–Kier alpha value is -1.30. The molecule has 0 aliphatic carbocycles. The Bertz CT molecular complexity index is 433. The molecule has 7 heteroatoms. The van der Waals surface area contributed by atoms with Crippen molar-refractivity contribution >= 4 is 17.5 Å². The van der Waals surface area contributed by atoms with Crippen LogP contribution in [0.5, 0.6) is 0 Å². The highest BCUT2D eigenvalue weighted by Gasteiger charge is 2.41. The Morgan fingerprint density at radius 3 is 2.47 bits per heavy atom. The first-order chi connectivity index (χ1) is 7.71. The van der Waals surface area contributed by atoms with Gasteiger partial charge in [0.25, 0.3) is 0 Å². The highest BCUT2D eigenvalue weighted by atomic mass is 35.5. The number of amides is 1. The minimum absolute atomic E-state index is 0.199. The second-order valence-corrected chi connectivity index (χ2v) is 3.81. The molecule has 1 rings (SSSR count). The van der Waals surface area contributed by atoms with Gasteiger partial charge in [0.1, 0.15) is 5.82 Å². The highest BCUT2D eigenvalue weighted by Crippen LogP contribution is 2.21. The normalized spacial score (nSPS) is 11.4. The van der Waals surface area contributed by atoms with E-state index in [9.17, 15) is 22.4 Å². The lowest BCUT2D eigenvalue weighted by molar-refractivity contribution is -0.184. The Morgan fingerprint density at radius 2 is 2.00 bits per heavy atom. The predicted octanol–water partition coefficient (Wildman–Crippen LogP) is 3.00. The van der Waals surface area contributed by atoms with Crippen molar-refractivity contribution in [2.75, 3.05) is 7.05 Å². The molecular weight excluding hydrogens is 262 g/mol. The topological polar surface area (TPSA) is 20.3 Å². The predicted molar refractivity (Wildman–Crippen MR) is 53.9 cm³/mol. The fourth-order valence-electron chi connectivity index (χ4n) is 1.20. The van der Waals surface area contributed by atoms with Gasteiger partial charge in [0, 0.05) is 13.6 Å². The maximum atomic E-state index is 12.8. The zero-order chi connectivity index (χ0) is 13.2. The lowest BCUT2D eigenvalue weighted by atomic mass is 10.2. The molecule has 0 bridgehead atoms. The van der Waals surface area contributed by atoms with Crippen molar-refractivity contribution in [2.24, 2.45) is 0 Å². The van der Waals surface area contributed by atoms with E-state index >= 15 is 0 Å². The van der Waals surface area contributed by atoms with Crippen LogP contribution in [0.1, 0.15) is 5.56 Å². The molecule has 94 valence electrons. The molecular formula is C10H8ClF4NO. The summed E-state index contributed by atoms with van der Waals surface area (Å²) >= 11 is 5.47. The third kappa shape index (κ3) is 3.59. The van der Waals surface area contributed by atoms with Crippen LogP contribution in [-0.4, -0.2) is 24.0 Å². The third-order valence-electron chi connectivity index (χ3n) is 1.99. The van der Waals surface area contributed by atoms with Crippen LogP contribution in [0, 0.1) is 5.82 Å². The van der Waals surface area contributed by atoms with Crippen LogP contribution in [0.15, 0.2) is 18.2 Å². The molecule has 0 saturated heterocycles. The molecule has 0 heterocycles. The minimum atomic E-state index is -4.92. The largest absolute Gasteiger partial charge is 0.471 e. The van der Waals surface area contributed by atoms with E-state index in [2.05, 4.69) is 0 Å². The summed E-state index contributed by atoms with van der Waals surface area (Å²) in [5.74, 6) is -2.63. The quantitative estimate of drug-likeness (QED) is 0.756. The second-order valence-electron chi connectivity index (χ2n) is 3.41. The molecule has 0 aliphatic rings. The number of halogens is 5. The first-order valence-electron chi connectivity index (χ1n) is 4.48. The van der Waals surface area contributed by atoms with Crippen LogP contribution in [0.3, 0.4) is 0 Å². The molecule has 0 aromatic heterocycles. The number of hydrogen-bond acceptors (Lipinski definition) is 1. The fourth-order valence-corrected chi connectivity index (χ4v) is 1.40. The van der Waals surface area contributed by atoms with E-state index in [0.717, 1.165) is 13.1 Å². The number of rotatable bonds is 2. The van der Waals surface area contributed by atoms with Gasteiger partial charge in [-0.25, -0.2) is 4.39 Å². The van der Waals surface area contributed by atoms with E-state index in [1.165, 1.54) is 12.1 Å². The van der Waals surface area contributed by atoms with Crippen molar-refractivity contribution < 1.29 is 22.4 Å². The molecule has 0 radical (unpaired) electrons. The SMILES string of the molecule is CN(Cc1ccc(F)c(Cl)c1)C(=O)C(F)(F)F. The summed E-state index contributed by atoms with van der Waals surface area (Å²) < 4.78 is 49.0. The van der Waals surface area contributed by atoms with Crippen LogP contribution >= 0.6 is 11.6 Å². The number of benzene rings is 1. The first kappa shape index (κ1) is 13.8. The first-order valence-corrected chi connectivity index (χ1v) is 4.86. The number of alkyl halides is 3. The molecule has 2 nitrogen and oxygen atoms in total. The van der Waals surface area contributed by atoms with Crippen molar-refractivity contribution in [3.63, 3.8) is 0 Å².